The van der Waals surface area contributed by atoms with Crippen molar-refractivity contribution in [1.29, 1.82) is 5.26 Å². The lowest BCUT2D eigenvalue weighted by Gasteiger charge is -2.10. The van der Waals surface area contributed by atoms with Crippen LogP contribution in [0.15, 0.2) is 54.7 Å². The molecule has 0 bridgehead atoms. The van der Waals surface area contributed by atoms with Crippen LogP contribution in [0.2, 0.25) is 0 Å². The zero-order valence-corrected chi connectivity index (χ0v) is 13.2. The lowest BCUT2D eigenvalue weighted by atomic mass is 10.1. The van der Waals surface area contributed by atoms with Gasteiger partial charge in [-0.3, -0.25) is 0 Å². The molecule has 0 fully saturated rings. The summed E-state index contributed by atoms with van der Waals surface area (Å²) in [5, 5.41) is 23.1. The van der Waals surface area contributed by atoms with Gasteiger partial charge in [-0.15, -0.1) is 5.10 Å². The van der Waals surface area contributed by atoms with Gasteiger partial charge in [0.2, 0.25) is 5.95 Å². The van der Waals surface area contributed by atoms with E-state index in [1.165, 1.54) is 5.56 Å². The predicted octanol–water partition coefficient (Wildman–Crippen LogP) is 3.79. The molecular formula is C18H16N6. The maximum Gasteiger partial charge on any atom is 0.249 e. The molecule has 0 aliphatic rings. The van der Waals surface area contributed by atoms with Crippen LogP contribution in [0.1, 0.15) is 18.1 Å². The highest BCUT2D eigenvalue weighted by Gasteiger charge is 2.04. The topological polar surface area (TPSA) is 86.5 Å². The van der Waals surface area contributed by atoms with Crippen LogP contribution in [0.25, 0.3) is 0 Å². The fraction of sp³-hybridized carbons (Fsp3) is 0.111. The SMILES string of the molecule is CCc1ccccc1Nc1cnnc(Nc2ccc(C#N)cc2)n1. The number of nitrogens with zero attached hydrogens (tertiary/aromatic N) is 4. The first-order valence-electron chi connectivity index (χ1n) is 7.60. The van der Waals surface area contributed by atoms with Crippen molar-refractivity contribution in [3.8, 4) is 6.07 Å². The van der Waals surface area contributed by atoms with Gasteiger partial charge in [0.25, 0.3) is 0 Å². The van der Waals surface area contributed by atoms with E-state index in [1.807, 2.05) is 18.2 Å². The highest BCUT2D eigenvalue weighted by molar-refractivity contribution is 5.61. The Balaban J connectivity index is 1.77. The average Bonchev–Trinajstić information content (AvgIpc) is 2.63. The summed E-state index contributed by atoms with van der Waals surface area (Å²) in [7, 11) is 0. The summed E-state index contributed by atoms with van der Waals surface area (Å²) in [6.07, 6.45) is 2.51. The van der Waals surface area contributed by atoms with E-state index in [0.29, 0.717) is 17.3 Å². The van der Waals surface area contributed by atoms with Crippen molar-refractivity contribution in [3.63, 3.8) is 0 Å². The van der Waals surface area contributed by atoms with Crippen LogP contribution in [-0.2, 0) is 6.42 Å². The first-order chi connectivity index (χ1) is 11.8. The third-order valence-corrected chi connectivity index (χ3v) is 3.49. The quantitative estimate of drug-likeness (QED) is 0.744. The molecule has 0 unspecified atom stereocenters. The minimum Gasteiger partial charge on any atom is -0.339 e. The van der Waals surface area contributed by atoms with E-state index in [-0.39, 0.29) is 0 Å². The summed E-state index contributed by atoms with van der Waals surface area (Å²) in [5.41, 5.74) is 3.61. The van der Waals surface area contributed by atoms with Crippen molar-refractivity contribution in [3.05, 3.63) is 65.9 Å². The largest absolute Gasteiger partial charge is 0.339 e. The lowest BCUT2D eigenvalue weighted by molar-refractivity contribution is 0.981. The Morgan fingerprint density at radius 2 is 1.83 bits per heavy atom. The third-order valence-electron chi connectivity index (χ3n) is 3.49. The van der Waals surface area contributed by atoms with Gasteiger partial charge in [0.1, 0.15) is 0 Å². The van der Waals surface area contributed by atoms with Crippen LogP contribution in [-0.4, -0.2) is 15.2 Å². The van der Waals surface area contributed by atoms with Gasteiger partial charge in [0, 0.05) is 11.4 Å². The summed E-state index contributed by atoms with van der Waals surface area (Å²) in [6, 6.07) is 17.2. The number of hydrogen-bond donors (Lipinski definition) is 2. The molecule has 6 heteroatoms. The fourth-order valence-corrected chi connectivity index (χ4v) is 2.26. The van der Waals surface area contributed by atoms with E-state index in [0.717, 1.165) is 17.8 Å². The Labute approximate surface area is 140 Å². The second-order valence-electron chi connectivity index (χ2n) is 5.12. The summed E-state index contributed by atoms with van der Waals surface area (Å²) in [4.78, 5) is 4.42. The molecule has 0 aliphatic carbocycles. The number of benzene rings is 2. The molecular weight excluding hydrogens is 300 g/mol. The standard InChI is InChI=1S/C18H16N6/c1-2-14-5-3-4-6-16(14)22-17-12-20-24-18(23-17)21-15-9-7-13(11-19)8-10-15/h3-10,12H,2H2,1H3,(H2,21,22,23,24). The van der Waals surface area contributed by atoms with Crippen molar-refractivity contribution in [2.75, 3.05) is 10.6 Å². The Hall–Kier alpha value is -3.46. The fourth-order valence-electron chi connectivity index (χ4n) is 2.26. The molecule has 1 aromatic heterocycles. The van der Waals surface area contributed by atoms with Gasteiger partial charge in [0.15, 0.2) is 5.82 Å². The van der Waals surface area contributed by atoms with E-state index in [2.05, 4.69) is 44.9 Å². The van der Waals surface area contributed by atoms with Crippen LogP contribution in [0.4, 0.5) is 23.1 Å². The van der Waals surface area contributed by atoms with E-state index in [1.54, 1.807) is 30.5 Å². The molecule has 2 N–H and O–H groups in total. The van der Waals surface area contributed by atoms with Crippen LogP contribution >= 0.6 is 0 Å². The highest BCUT2D eigenvalue weighted by atomic mass is 15.3. The maximum absolute atomic E-state index is 8.82. The second-order valence-corrected chi connectivity index (χ2v) is 5.12. The van der Waals surface area contributed by atoms with Crippen LogP contribution in [0.5, 0.6) is 0 Å². The first kappa shape index (κ1) is 15.4. The van der Waals surface area contributed by atoms with Gasteiger partial charge < -0.3 is 10.6 Å². The molecule has 0 saturated carbocycles. The van der Waals surface area contributed by atoms with Crippen LogP contribution in [0, 0.1) is 11.3 Å². The molecule has 0 amide bonds. The van der Waals surface area contributed by atoms with Crippen molar-refractivity contribution in [2.24, 2.45) is 0 Å². The molecule has 2 aromatic carbocycles. The number of aromatic nitrogens is 3. The van der Waals surface area contributed by atoms with E-state index < -0.39 is 0 Å². The van der Waals surface area contributed by atoms with Crippen molar-refractivity contribution in [2.45, 2.75) is 13.3 Å². The maximum atomic E-state index is 8.82. The number of rotatable bonds is 5. The Morgan fingerprint density at radius 3 is 2.58 bits per heavy atom. The summed E-state index contributed by atoms with van der Waals surface area (Å²) in [5.74, 6) is 1.00. The van der Waals surface area contributed by atoms with E-state index in [4.69, 9.17) is 5.26 Å². The first-order valence-corrected chi connectivity index (χ1v) is 7.60. The number of hydrogen-bond acceptors (Lipinski definition) is 6. The Kier molecular flexibility index (Phi) is 4.63. The molecule has 0 aliphatic heterocycles. The van der Waals surface area contributed by atoms with Crippen molar-refractivity contribution >= 4 is 23.1 Å². The monoisotopic (exact) mass is 316 g/mol. The average molecular weight is 316 g/mol. The van der Waals surface area contributed by atoms with Gasteiger partial charge in [-0.1, -0.05) is 25.1 Å². The number of nitrogens with one attached hydrogen (secondary N) is 2. The molecule has 0 atom stereocenters. The van der Waals surface area contributed by atoms with E-state index >= 15 is 0 Å². The minimum atomic E-state index is 0.388. The van der Waals surface area contributed by atoms with Crippen molar-refractivity contribution in [1.82, 2.24) is 15.2 Å². The minimum absolute atomic E-state index is 0.388. The van der Waals surface area contributed by atoms with Gasteiger partial charge in [-0.2, -0.15) is 15.3 Å². The van der Waals surface area contributed by atoms with Crippen LogP contribution < -0.4 is 10.6 Å². The molecule has 0 radical (unpaired) electrons. The molecule has 3 aromatic rings. The molecule has 0 spiro atoms. The molecule has 24 heavy (non-hydrogen) atoms. The Morgan fingerprint density at radius 1 is 1.04 bits per heavy atom. The normalized spacial score (nSPS) is 10.0. The smallest absolute Gasteiger partial charge is 0.249 e. The van der Waals surface area contributed by atoms with E-state index in [9.17, 15) is 0 Å². The predicted molar refractivity (Wildman–Crippen MR) is 93.4 cm³/mol. The summed E-state index contributed by atoms with van der Waals surface area (Å²) >= 11 is 0. The van der Waals surface area contributed by atoms with Gasteiger partial charge in [-0.25, -0.2) is 0 Å². The van der Waals surface area contributed by atoms with Crippen molar-refractivity contribution < 1.29 is 0 Å². The molecule has 1 heterocycles. The van der Waals surface area contributed by atoms with Gasteiger partial charge in [0.05, 0.1) is 17.8 Å². The molecule has 118 valence electrons. The number of anilines is 4. The zero-order valence-electron chi connectivity index (χ0n) is 13.2. The molecule has 6 nitrogen and oxygen atoms in total. The van der Waals surface area contributed by atoms with Crippen LogP contribution in [0.3, 0.4) is 0 Å². The summed E-state index contributed by atoms with van der Waals surface area (Å²) in [6.45, 7) is 2.11. The lowest BCUT2D eigenvalue weighted by Crippen LogP contribution is -2.03. The third kappa shape index (κ3) is 3.65. The summed E-state index contributed by atoms with van der Waals surface area (Å²) < 4.78 is 0. The molecule has 0 saturated heterocycles. The Bertz CT molecular complexity index is 867. The molecule has 3 rings (SSSR count). The number of nitriles is 1. The number of para-hydroxylation sites is 1. The second kappa shape index (κ2) is 7.20. The van der Waals surface area contributed by atoms with Gasteiger partial charge >= 0.3 is 0 Å². The van der Waals surface area contributed by atoms with Gasteiger partial charge in [-0.05, 0) is 42.3 Å². The highest BCUT2D eigenvalue weighted by Crippen LogP contribution is 2.20. The zero-order chi connectivity index (χ0) is 16.8. The number of aryl methyl sites for hydroxylation is 1.